The zero-order valence-corrected chi connectivity index (χ0v) is 6.45. The van der Waals surface area contributed by atoms with Gasteiger partial charge in [-0.05, 0) is 6.92 Å². The van der Waals surface area contributed by atoms with Crippen molar-refractivity contribution in [2.45, 2.75) is 6.92 Å². The summed E-state index contributed by atoms with van der Waals surface area (Å²) >= 11 is 1.67. The normalized spacial score (nSPS) is 7.57. The van der Waals surface area contributed by atoms with Gasteiger partial charge >= 0.3 is 23.1 Å². The number of hydrogen-bond acceptors (Lipinski definition) is 2. The van der Waals surface area contributed by atoms with Gasteiger partial charge in [0.05, 0.1) is 5.01 Å². The zero-order chi connectivity index (χ0) is 4.41. The van der Waals surface area contributed by atoms with Crippen molar-refractivity contribution in [3.8, 4) is 0 Å². The van der Waals surface area contributed by atoms with Crippen molar-refractivity contribution >= 4 is 34.4 Å². The predicted molar refractivity (Wildman–Crippen MR) is 34.8 cm³/mol. The second-order valence-electron chi connectivity index (χ2n) is 1.05. The first-order valence-corrected chi connectivity index (χ1v) is 2.63. The van der Waals surface area contributed by atoms with Crippen molar-refractivity contribution in [3.05, 3.63) is 16.6 Å². The summed E-state index contributed by atoms with van der Waals surface area (Å²) in [5.74, 6) is 0. The van der Waals surface area contributed by atoms with Gasteiger partial charge in [-0.15, -0.1) is 11.3 Å². The van der Waals surface area contributed by atoms with E-state index in [1.165, 1.54) is 0 Å². The molecule has 1 heterocycles. The standard InChI is InChI=1S/C4H5NS.Mg.2H/c1-4-5-2-3-6-4;;;/h2-3H,1H3;;;/q;+2;2*-1. The topological polar surface area (TPSA) is 12.9 Å². The van der Waals surface area contributed by atoms with E-state index in [1.54, 1.807) is 17.5 Å². The number of aryl methyl sites for hydroxylation is 1. The minimum Gasteiger partial charge on any atom is -1.00 e. The number of aromatic nitrogens is 1. The summed E-state index contributed by atoms with van der Waals surface area (Å²) < 4.78 is 0. The molecule has 0 aliphatic heterocycles. The molecule has 0 aromatic carbocycles. The summed E-state index contributed by atoms with van der Waals surface area (Å²) in [6.07, 6.45) is 1.81. The summed E-state index contributed by atoms with van der Waals surface area (Å²) in [5.41, 5.74) is 0. The van der Waals surface area contributed by atoms with E-state index in [0.29, 0.717) is 0 Å². The van der Waals surface area contributed by atoms with E-state index in [1.807, 2.05) is 12.3 Å². The van der Waals surface area contributed by atoms with Gasteiger partial charge in [-0.3, -0.25) is 4.98 Å². The van der Waals surface area contributed by atoms with Crippen molar-refractivity contribution in [1.82, 2.24) is 4.98 Å². The van der Waals surface area contributed by atoms with Crippen molar-refractivity contribution < 1.29 is 2.85 Å². The fraction of sp³-hybridized carbons (Fsp3) is 0.250. The van der Waals surface area contributed by atoms with Gasteiger partial charge in [0, 0.05) is 11.6 Å². The molecule has 0 aliphatic rings. The molecule has 1 aromatic heterocycles. The largest absolute Gasteiger partial charge is 2.00 e. The van der Waals surface area contributed by atoms with Crippen LogP contribution in [0.25, 0.3) is 0 Å². The van der Waals surface area contributed by atoms with E-state index >= 15 is 0 Å². The van der Waals surface area contributed by atoms with Gasteiger partial charge in [0.1, 0.15) is 0 Å². The quantitative estimate of drug-likeness (QED) is 0.476. The van der Waals surface area contributed by atoms with Gasteiger partial charge < -0.3 is 2.85 Å². The summed E-state index contributed by atoms with van der Waals surface area (Å²) in [4.78, 5) is 3.94. The second-order valence-corrected chi connectivity index (χ2v) is 2.15. The molecule has 0 fully saturated rings. The molecule has 0 saturated carbocycles. The number of rotatable bonds is 0. The third-order valence-corrected chi connectivity index (χ3v) is 1.26. The van der Waals surface area contributed by atoms with Crippen molar-refractivity contribution in [2.24, 2.45) is 0 Å². The van der Waals surface area contributed by atoms with Gasteiger partial charge in [0.15, 0.2) is 0 Å². The third-order valence-electron chi connectivity index (χ3n) is 0.556. The van der Waals surface area contributed by atoms with Crippen LogP contribution in [0, 0.1) is 6.92 Å². The third kappa shape index (κ3) is 2.26. The van der Waals surface area contributed by atoms with Gasteiger partial charge in [0.25, 0.3) is 0 Å². The molecule has 0 bridgehead atoms. The Morgan fingerprint density at radius 2 is 2.57 bits per heavy atom. The van der Waals surface area contributed by atoms with Crippen molar-refractivity contribution in [1.29, 1.82) is 0 Å². The van der Waals surface area contributed by atoms with Gasteiger partial charge in [-0.1, -0.05) is 0 Å². The van der Waals surface area contributed by atoms with E-state index in [9.17, 15) is 0 Å². The Kier molecular flexibility index (Phi) is 3.60. The molecule has 3 heteroatoms. The van der Waals surface area contributed by atoms with Gasteiger partial charge in [0.2, 0.25) is 0 Å². The maximum Gasteiger partial charge on any atom is 2.00 e. The molecule has 0 atom stereocenters. The van der Waals surface area contributed by atoms with E-state index in [0.717, 1.165) is 5.01 Å². The molecular formula is C4H7MgNS. The Bertz CT molecular complexity index is 122. The molecule has 0 spiro atoms. The van der Waals surface area contributed by atoms with Gasteiger partial charge in [-0.25, -0.2) is 0 Å². The fourth-order valence-electron chi connectivity index (χ4n) is 0.295. The Labute approximate surface area is 65.9 Å². The zero-order valence-electron chi connectivity index (χ0n) is 6.22. The van der Waals surface area contributed by atoms with Crippen LogP contribution >= 0.6 is 11.3 Å². The van der Waals surface area contributed by atoms with Crippen molar-refractivity contribution in [2.75, 3.05) is 0 Å². The SMILES string of the molecule is Cc1nccs1.[H-].[H-].[Mg+2]. The molecule has 36 valence electrons. The number of nitrogens with zero attached hydrogens (tertiary/aromatic N) is 1. The monoisotopic (exact) mass is 125 g/mol. The fourth-order valence-corrected chi connectivity index (χ4v) is 0.735. The Morgan fingerprint density at radius 3 is 2.71 bits per heavy atom. The van der Waals surface area contributed by atoms with E-state index < -0.39 is 0 Å². The summed E-state index contributed by atoms with van der Waals surface area (Å²) in [5, 5.41) is 3.10. The van der Waals surface area contributed by atoms with Crippen LogP contribution in [0.2, 0.25) is 0 Å². The first-order valence-electron chi connectivity index (χ1n) is 1.75. The molecule has 1 aromatic rings. The summed E-state index contributed by atoms with van der Waals surface area (Å²) in [6, 6.07) is 0. The van der Waals surface area contributed by atoms with Crippen LogP contribution in [0.15, 0.2) is 11.6 Å². The van der Waals surface area contributed by atoms with E-state index in [4.69, 9.17) is 0 Å². The van der Waals surface area contributed by atoms with Crippen LogP contribution in [-0.2, 0) is 0 Å². The molecule has 0 saturated heterocycles. The Balaban J connectivity index is -0.000000120. The smallest absolute Gasteiger partial charge is 1.00 e. The summed E-state index contributed by atoms with van der Waals surface area (Å²) in [6.45, 7) is 1.99. The van der Waals surface area contributed by atoms with E-state index in [2.05, 4.69) is 4.98 Å². The summed E-state index contributed by atoms with van der Waals surface area (Å²) in [7, 11) is 0. The average Bonchev–Trinajstić information content (AvgIpc) is 1.86. The van der Waals surface area contributed by atoms with Crippen molar-refractivity contribution in [3.63, 3.8) is 0 Å². The molecule has 0 aliphatic carbocycles. The average molecular weight is 125 g/mol. The molecule has 1 rings (SSSR count). The second kappa shape index (κ2) is 3.40. The predicted octanol–water partition coefficient (Wildman–Crippen LogP) is 1.30. The first-order chi connectivity index (χ1) is 2.89. The van der Waals surface area contributed by atoms with Gasteiger partial charge in [-0.2, -0.15) is 0 Å². The number of hydrogen-bond donors (Lipinski definition) is 0. The molecule has 0 N–H and O–H groups in total. The van der Waals surface area contributed by atoms with Crippen LogP contribution in [0.3, 0.4) is 0 Å². The maximum absolute atomic E-state index is 3.94. The van der Waals surface area contributed by atoms with Crippen LogP contribution in [0.4, 0.5) is 0 Å². The van der Waals surface area contributed by atoms with E-state index in [-0.39, 0.29) is 25.9 Å². The minimum absolute atomic E-state index is 0. The Hall–Kier alpha value is 0.396. The molecule has 7 heavy (non-hydrogen) atoms. The molecule has 0 radical (unpaired) electrons. The van der Waals surface area contributed by atoms with Crippen LogP contribution < -0.4 is 0 Å². The molecule has 1 nitrogen and oxygen atoms in total. The Morgan fingerprint density at radius 1 is 1.86 bits per heavy atom. The minimum atomic E-state index is 0. The molecule has 0 unspecified atom stereocenters. The van der Waals surface area contributed by atoms with Crippen LogP contribution in [0.5, 0.6) is 0 Å². The maximum atomic E-state index is 3.94. The van der Waals surface area contributed by atoms with Crippen LogP contribution in [-0.4, -0.2) is 28.0 Å². The van der Waals surface area contributed by atoms with Crippen LogP contribution in [0.1, 0.15) is 7.86 Å². The first kappa shape index (κ1) is 7.40. The number of thiazole rings is 1. The molecule has 0 amide bonds. The molecular weight excluding hydrogens is 118 g/mol.